The molecule has 0 saturated carbocycles. The average molecular weight is 380 g/mol. The minimum atomic E-state index is -0.248. The largest absolute Gasteiger partial charge is 0.338 e. The van der Waals surface area contributed by atoms with E-state index in [0.717, 1.165) is 11.3 Å². The van der Waals surface area contributed by atoms with Crippen LogP contribution in [0.1, 0.15) is 25.1 Å². The molecule has 2 N–H and O–H groups in total. The fraction of sp³-hybridized carbons (Fsp3) is 0.300. The van der Waals surface area contributed by atoms with E-state index in [0.29, 0.717) is 30.3 Å². The second kappa shape index (κ2) is 8.51. The number of hydrogen-bond donors (Lipinski definition) is 2. The Morgan fingerprint density at radius 1 is 1.25 bits per heavy atom. The van der Waals surface area contributed by atoms with Crippen LogP contribution in [0.3, 0.4) is 0 Å². The minimum Gasteiger partial charge on any atom is -0.338 e. The number of carbonyl (C=O) groups is 1. The van der Waals surface area contributed by atoms with E-state index < -0.39 is 0 Å². The summed E-state index contributed by atoms with van der Waals surface area (Å²) in [5.41, 5.74) is 2.62. The summed E-state index contributed by atoms with van der Waals surface area (Å²) in [4.78, 5) is 24.2. The highest BCUT2D eigenvalue weighted by Crippen LogP contribution is 2.13. The first-order valence-corrected chi connectivity index (χ1v) is 9.12. The highest BCUT2D eigenvalue weighted by molar-refractivity contribution is 5.89. The van der Waals surface area contributed by atoms with Crippen LogP contribution < -0.4 is 16.1 Å². The lowest BCUT2D eigenvalue weighted by Gasteiger charge is -2.10. The average Bonchev–Trinajstić information content (AvgIpc) is 3.08. The van der Waals surface area contributed by atoms with E-state index in [1.54, 1.807) is 21.8 Å². The maximum absolute atomic E-state index is 12.2. The van der Waals surface area contributed by atoms with Crippen LogP contribution in [0.25, 0.3) is 5.69 Å². The molecule has 0 aliphatic rings. The molecular weight excluding hydrogens is 356 g/mol. The number of carbonyl (C=O) groups excluding carboxylic acids is 1. The lowest BCUT2D eigenvalue weighted by atomic mass is 10.1. The van der Waals surface area contributed by atoms with Gasteiger partial charge in [0.2, 0.25) is 5.43 Å². The topological polar surface area (TPSA) is 93.8 Å². The van der Waals surface area contributed by atoms with Crippen LogP contribution in [0.4, 0.5) is 10.5 Å². The van der Waals surface area contributed by atoms with Crippen LogP contribution >= 0.6 is 0 Å². The third-order valence-electron chi connectivity index (χ3n) is 4.06. The van der Waals surface area contributed by atoms with Crippen molar-refractivity contribution in [1.82, 2.24) is 24.9 Å². The molecule has 146 valence electrons. The number of urea groups is 1. The number of rotatable bonds is 6. The molecule has 3 aromatic rings. The van der Waals surface area contributed by atoms with Crippen molar-refractivity contribution in [2.24, 2.45) is 13.0 Å². The van der Waals surface area contributed by atoms with Gasteiger partial charge in [0.1, 0.15) is 11.4 Å². The molecule has 0 radical (unpaired) electrons. The Bertz CT molecular complexity index is 1020. The van der Waals surface area contributed by atoms with E-state index in [1.165, 1.54) is 6.07 Å². The van der Waals surface area contributed by atoms with Crippen molar-refractivity contribution in [2.45, 2.75) is 20.3 Å². The number of aromatic nitrogens is 4. The zero-order valence-corrected chi connectivity index (χ0v) is 16.2. The molecule has 2 aromatic heterocycles. The number of nitrogens with one attached hydrogen (secondary N) is 2. The summed E-state index contributed by atoms with van der Waals surface area (Å²) in [6.45, 7) is 4.67. The normalized spacial score (nSPS) is 10.9. The van der Waals surface area contributed by atoms with E-state index in [-0.39, 0.29) is 11.5 Å². The predicted molar refractivity (Wildman–Crippen MR) is 108 cm³/mol. The highest BCUT2D eigenvalue weighted by Gasteiger charge is 2.08. The van der Waals surface area contributed by atoms with Gasteiger partial charge >= 0.3 is 6.03 Å². The third-order valence-corrected chi connectivity index (χ3v) is 4.06. The number of anilines is 1. The molecule has 0 fully saturated rings. The Kier molecular flexibility index (Phi) is 5.88. The molecule has 0 aliphatic heterocycles. The highest BCUT2D eigenvalue weighted by atomic mass is 16.2. The molecule has 3 rings (SSSR count). The number of nitrogens with zero attached hydrogens (tertiary/aromatic N) is 4. The Labute approximate surface area is 163 Å². The Hall–Kier alpha value is -3.42. The molecule has 0 spiro atoms. The number of aryl methyl sites for hydroxylation is 1. The molecule has 0 aliphatic carbocycles. The summed E-state index contributed by atoms with van der Waals surface area (Å²) >= 11 is 0. The van der Waals surface area contributed by atoms with Gasteiger partial charge in [-0.1, -0.05) is 26.0 Å². The lowest BCUT2D eigenvalue weighted by Crippen LogP contribution is -2.31. The first kappa shape index (κ1) is 19.3. The molecule has 0 saturated heterocycles. The first-order valence-electron chi connectivity index (χ1n) is 9.12. The monoisotopic (exact) mass is 380 g/mol. The lowest BCUT2D eigenvalue weighted by molar-refractivity contribution is 0.251. The van der Waals surface area contributed by atoms with E-state index in [1.807, 2.05) is 51.4 Å². The van der Waals surface area contributed by atoms with Gasteiger partial charge < -0.3 is 10.6 Å². The van der Waals surface area contributed by atoms with Crippen LogP contribution in [-0.2, 0) is 13.5 Å². The second-order valence-electron chi connectivity index (χ2n) is 7.05. The summed E-state index contributed by atoms with van der Waals surface area (Å²) in [5.74, 6) is 0.378. The minimum absolute atomic E-state index is 0.131. The zero-order valence-electron chi connectivity index (χ0n) is 16.2. The molecule has 8 heteroatoms. The van der Waals surface area contributed by atoms with Crippen LogP contribution in [0, 0.1) is 5.92 Å². The van der Waals surface area contributed by atoms with Crippen LogP contribution in [0.5, 0.6) is 0 Å². The van der Waals surface area contributed by atoms with Gasteiger partial charge in [0.05, 0.1) is 12.4 Å². The van der Waals surface area contributed by atoms with Crippen LogP contribution in [0.2, 0.25) is 0 Å². The van der Waals surface area contributed by atoms with Gasteiger partial charge in [-0.25, -0.2) is 9.48 Å². The van der Waals surface area contributed by atoms with Crippen molar-refractivity contribution in [1.29, 1.82) is 0 Å². The van der Waals surface area contributed by atoms with Crippen molar-refractivity contribution < 1.29 is 4.79 Å². The quantitative estimate of drug-likeness (QED) is 0.686. The van der Waals surface area contributed by atoms with Crippen molar-refractivity contribution in [3.63, 3.8) is 0 Å². The van der Waals surface area contributed by atoms with Crippen molar-refractivity contribution in [3.8, 4) is 5.69 Å². The maximum atomic E-state index is 12.2. The van der Waals surface area contributed by atoms with Gasteiger partial charge in [-0.2, -0.15) is 10.2 Å². The van der Waals surface area contributed by atoms with Crippen LogP contribution in [-0.4, -0.2) is 32.1 Å². The fourth-order valence-corrected chi connectivity index (χ4v) is 2.66. The second-order valence-corrected chi connectivity index (χ2v) is 7.05. The molecule has 0 bridgehead atoms. The molecular formula is C20H24N6O2. The van der Waals surface area contributed by atoms with Crippen molar-refractivity contribution >= 4 is 11.7 Å². The molecule has 0 unspecified atom stereocenters. The van der Waals surface area contributed by atoms with Crippen molar-refractivity contribution in [2.75, 3.05) is 11.9 Å². The molecule has 0 atom stereocenters. The van der Waals surface area contributed by atoms with E-state index in [4.69, 9.17) is 0 Å². The van der Waals surface area contributed by atoms with E-state index >= 15 is 0 Å². The summed E-state index contributed by atoms with van der Waals surface area (Å²) in [6, 6.07) is 8.65. The molecule has 28 heavy (non-hydrogen) atoms. The summed E-state index contributed by atoms with van der Waals surface area (Å²) in [7, 11) is 1.82. The van der Waals surface area contributed by atoms with Gasteiger partial charge in [0.25, 0.3) is 0 Å². The van der Waals surface area contributed by atoms with Gasteiger partial charge in [-0.15, -0.1) is 0 Å². The fourth-order valence-electron chi connectivity index (χ4n) is 2.66. The first-order chi connectivity index (χ1) is 13.4. The summed E-state index contributed by atoms with van der Waals surface area (Å²) in [5, 5.41) is 14.2. The Morgan fingerprint density at radius 2 is 2.07 bits per heavy atom. The SMILES string of the molecule is CC(C)CNC(=O)Nc1cccc(Cc2nn(-c3cnn(C)c3)ccc2=O)c1. The Balaban J connectivity index is 1.75. The smallest absolute Gasteiger partial charge is 0.319 e. The number of amides is 2. The Morgan fingerprint density at radius 3 is 2.79 bits per heavy atom. The number of benzene rings is 1. The zero-order chi connectivity index (χ0) is 20.1. The standard InChI is InChI=1S/C20H24N6O2/c1-14(2)11-21-20(28)23-16-6-4-5-15(9-16)10-18-19(27)7-8-26(24-18)17-12-22-25(3)13-17/h4-9,12-14H,10-11H2,1-3H3,(H2,21,23,28). The maximum Gasteiger partial charge on any atom is 0.319 e. The molecule has 2 amide bonds. The van der Waals surface area contributed by atoms with Gasteiger partial charge in [0, 0.05) is 38.0 Å². The van der Waals surface area contributed by atoms with Crippen molar-refractivity contribution in [3.05, 3.63) is 70.4 Å². The van der Waals surface area contributed by atoms with Crippen LogP contribution in [0.15, 0.2) is 53.7 Å². The van der Waals surface area contributed by atoms with Gasteiger partial charge in [0.15, 0.2) is 0 Å². The van der Waals surface area contributed by atoms with E-state index in [9.17, 15) is 9.59 Å². The summed E-state index contributed by atoms with van der Waals surface area (Å²) in [6.07, 6.45) is 5.49. The predicted octanol–water partition coefficient (Wildman–Crippen LogP) is 2.33. The van der Waals surface area contributed by atoms with Gasteiger partial charge in [-0.05, 0) is 23.6 Å². The molecule has 8 nitrogen and oxygen atoms in total. The third kappa shape index (κ3) is 5.06. The summed E-state index contributed by atoms with van der Waals surface area (Å²) < 4.78 is 3.31. The van der Waals surface area contributed by atoms with E-state index in [2.05, 4.69) is 20.8 Å². The molecule has 2 heterocycles. The number of hydrogen-bond acceptors (Lipinski definition) is 4. The molecule has 1 aromatic carbocycles. The van der Waals surface area contributed by atoms with Gasteiger partial charge in [-0.3, -0.25) is 9.48 Å².